The van der Waals surface area contributed by atoms with Gasteiger partial charge in [0.2, 0.25) is 11.7 Å². The molecule has 0 bridgehead atoms. The van der Waals surface area contributed by atoms with Crippen molar-refractivity contribution < 1.29 is 19.0 Å². The van der Waals surface area contributed by atoms with E-state index in [2.05, 4.69) is 10.3 Å². The topological polar surface area (TPSA) is 89.7 Å². The molecule has 1 heterocycles. The third kappa shape index (κ3) is 3.98. The zero-order valence-corrected chi connectivity index (χ0v) is 15.7. The van der Waals surface area contributed by atoms with Crippen molar-refractivity contribution in [3.63, 3.8) is 0 Å². The summed E-state index contributed by atoms with van der Waals surface area (Å²) in [6.07, 6.45) is 2.77. The summed E-state index contributed by atoms with van der Waals surface area (Å²) >= 11 is 0. The van der Waals surface area contributed by atoms with Crippen LogP contribution >= 0.6 is 0 Å². The fourth-order valence-corrected chi connectivity index (χ4v) is 2.79. The van der Waals surface area contributed by atoms with Crippen molar-refractivity contribution in [1.29, 1.82) is 0 Å². The molecule has 0 saturated carbocycles. The molecule has 1 aromatic heterocycles. The monoisotopic (exact) mass is 380 g/mol. The van der Waals surface area contributed by atoms with E-state index in [9.17, 15) is 9.59 Å². The maximum atomic E-state index is 12.3. The van der Waals surface area contributed by atoms with Crippen molar-refractivity contribution in [2.75, 3.05) is 26.6 Å². The number of hydrogen-bond acceptors (Lipinski definition) is 5. The van der Waals surface area contributed by atoms with Gasteiger partial charge in [-0.2, -0.15) is 0 Å². The zero-order valence-electron chi connectivity index (χ0n) is 15.7. The van der Waals surface area contributed by atoms with Gasteiger partial charge >= 0.3 is 0 Å². The molecule has 0 unspecified atom stereocenters. The second-order valence-corrected chi connectivity index (χ2v) is 5.88. The number of hydrogen-bond donors (Lipinski definition) is 2. The van der Waals surface area contributed by atoms with E-state index in [0.717, 1.165) is 10.9 Å². The Kier molecular flexibility index (Phi) is 5.64. The number of amides is 1. The minimum Gasteiger partial charge on any atom is -0.493 e. The van der Waals surface area contributed by atoms with Crippen molar-refractivity contribution >= 4 is 28.6 Å². The van der Waals surface area contributed by atoms with Gasteiger partial charge in [0.05, 0.1) is 21.3 Å². The predicted molar refractivity (Wildman–Crippen MR) is 108 cm³/mol. The quantitative estimate of drug-likeness (QED) is 0.641. The summed E-state index contributed by atoms with van der Waals surface area (Å²) in [5.74, 6) is 0.877. The molecule has 2 N–H and O–H groups in total. The summed E-state index contributed by atoms with van der Waals surface area (Å²) in [4.78, 5) is 27.2. The average molecular weight is 380 g/mol. The first-order valence-electron chi connectivity index (χ1n) is 8.47. The summed E-state index contributed by atoms with van der Waals surface area (Å²) in [7, 11) is 4.49. The first-order valence-corrected chi connectivity index (χ1v) is 8.47. The van der Waals surface area contributed by atoms with Crippen molar-refractivity contribution in [3.05, 3.63) is 64.5 Å². The average Bonchev–Trinajstić information content (AvgIpc) is 2.71. The third-order valence-corrected chi connectivity index (χ3v) is 4.13. The highest BCUT2D eigenvalue weighted by atomic mass is 16.5. The standard InChI is InChI=1S/C21H20N2O5/c1-26-17-11-15(12-18(27-2)20(17)28-3)22-19(24)9-8-14-10-13-6-4-5-7-16(13)23-21(14)25/h4-12H,1-3H3,(H,22,24)(H,23,25)/b9-8+. The number of anilines is 1. The van der Waals surface area contributed by atoms with E-state index >= 15 is 0 Å². The van der Waals surface area contributed by atoms with Crippen LogP contribution in [0.4, 0.5) is 5.69 Å². The molecule has 0 radical (unpaired) electrons. The smallest absolute Gasteiger partial charge is 0.255 e. The number of fused-ring (bicyclic) bond motifs is 1. The van der Waals surface area contributed by atoms with Crippen LogP contribution < -0.4 is 25.1 Å². The van der Waals surface area contributed by atoms with E-state index in [0.29, 0.717) is 28.5 Å². The Labute approximate surface area is 161 Å². The fourth-order valence-electron chi connectivity index (χ4n) is 2.79. The van der Waals surface area contributed by atoms with Crippen LogP contribution in [0.25, 0.3) is 17.0 Å². The first kappa shape index (κ1) is 19.0. The lowest BCUT2D eigenvalue weighted by Gasteiger charge is -2.14. The van der Waals surface area contributed by atoms with Gasteiger partial charge in [0, 0.05) is 35.0 Å². The lowest BCUT2D eigenvalue weighted by atomic mass is 10.1. The molecule has 0 aliphatic rings. The number of rotatable bonds is 6. The van der Waals surface area contributed by atoms with Gasteiger partial charge in [-0.15, -0.1) is 0 Å². The second kappa shape index (κ2) is 8.30. The first-order chi connectivity index (χ1) is 13.5. The highest BCUT2D eigenvalue weighted by molar-refractivity contribution is 6.02. The molecule has 0 fully saturated rings. The molecule has 3 aromatic rings. The van der Waals surface area contributed by atoms with E-state index in [-0.39, 0.29) is 5.56 Å². The Hall–Kier alpha value is -3.74. The molecule has 0 saturated heterocycles. The van der Waals surface area contributed by atoms with Crippen molar-refractivity contribution in [2.45, 2.75) is 0 Å². The van der Waals surface area contributed by atoms with Gasteiger partial charge < -0.3 is 24.5 Å². The molecule has 3 rings (SSSR count). The Morgan fingerprint density at radius 1 is 1.00 bits per heavy atom. The highest BCUT2D eigenvalue weighted by Gasteiger charge is 2.14. The molecule has 0 aliphatic carbocycles. The summed E-state index contributed by atoms with van der Waals surface area (Å²) in [5.41, 5.74) is 1.33. The van der Waals surface area contributed by atoms with E-state index < -0.39 is 5.91 Å². The Morgan fingerprint density at radius 3 is 2.32 bits per heavy atom. The van der Waals surface area contributed by atoms with Crippen LogP contribution in [0.2, 0.25) is 0 Å². The number of carbonyl (C=O) groups is 1. The highest BCUT2D eigenvalue weighted by Crippen LogP contribution is 2.39. The van der Waals surface area contributed by atoms with Gasteiger partial charge in [-0.05, 0) is 23.6 Å². The van der Waals surface area contributed by atoms with Gasteiger partial charge in [-0.1, -0.05) is 18.2 Å². The number of nitrogens with one attached hydrogen (secondary N) is 2. The van der Waals surface area contributed by atoms with Gasteiger partial charge in [0.25, 0.3) is 5.56 Å². The van der Waals surface area contributed by atoms with Crippen LogP contribution in [0.1, 0.15) is 5.56 Å². The Morgan fingerprint density at radius 2 is 1.68 bits per heavy atom. The van der Waals surface area contributed by atoms with Crippen LogP contribution in [0.3, 0.4) is 0 Å². The van der Waals surface area contributed by atoms with E-state index in [1.807, 2.05) is 24.3 Å². The minimum absolute atomic E-state index is 0.268. The van der Waals surface area contributed by atoms with E-state index in [4.69, 9.17) is 14.2 Å². The summed E-state index contributed by atoms with van der Waals surface area (Å²) in [6.45, 7) is 0. The number of H-pyrrole nitrogens is 1. The number of ether oxygens (including phenoxy) is 3. The van der Waals surface area contributed by atoms with Gasteiger partial charge in [0.1, 0.15) is 0 Å². The van der Waals surface area contributed by atoms with Crippen LogP contribution in [-0.2, 0) is 4.79 Å². The lowest BCUT2D eigenvalue weighted by Crippen LogP contribution is -2.11. The molecule has 0 atom stereocenters. The summed E-state index contributed by atoms with van der Waals surface area (Å²) in [5, 5.41) is 3.60. The maximum absolute atomic E-state index is 12.3. The predicted octanol–water partition coefficient (Wildman–Crippen LogP) is 3.21. The SMILES string of the molecule is COc1cc(NC(=O)/C=C/c2cc3ccccc3[nH]c2=O)cc(OC)c1OC. The third-order valence-electron chi connectivity index (χ3n) is 4.13. The van der Waals surface area contributed by atoms with Crippen LogP contribution in [0.15, 0.2) is 53.3 Å². The number of carbonyl (C=O) groups excluding carboxylic acids is 1. The van der Waals surface area contributed by atoms with Gasteiger partial charge in [-0.3, -0.25) is 9.59 Å². The number of para-hydroxylation sites is 1. The summed E-state index contributed by atoms with van der Waals surface area (Å²) in [6, 6.07) is 12.4. The van der Waals surface area contributed by atoms with Crippen LogP contribution in [-0.4, -0.2) is 32.2 Å². The molecule has 28 heavy (non-hydrogen) atoms. The van der Waals surface area contributed by atoms with Crippen molar-refractivity contribution in [2.24, 2.45) is 0 Å². The molecule has 1 amide bonds. The van der Waals surface area contributed by atoms with Gasteiger partial charge in [-0.25, -0.2) is 0 Å². The molecule has 7 nitrogen and oxygen atoms in total. The normalized spacial score (nSPS) is 10.8. The number of aromatic amines is 1. The number of aromatic nitrogens is 1. The largest absolute Gasteiger partial charge is 0.493 e. The molecule has 0 spiro atoms. The maximum Gasteiger partial charge on any atom is 0.255 e. The number of benzene rings is 2. The number of pyridine rings is 1. The molecular formula is C21H20N2O5. The zero-order chi connectivity index (χ0) is 20.1. The summed E-state index contributed by atoms with van der Waals surface area (Å²) < 4.78 is 15.8. The molecular weight excluding hydrogens is 360 g/mol. The Balaban J connectivity index is 1.82. The minimum atomic E-state index is -0.401. The van der Waals surface area contributed by atoms with Gasteiger partial charge in [0.15, 0.2) is 11.5 Å². The second-order valence-electron chi connectivity index (χ2n) is 5.88. The van der Waals surface area contributed by atoms with E-state index in [1.165, 1.54) is 33.5 Å². The molecule has 144 valence electrons. The van der Waals surface area contributed by atoms with Crippen molar-refractivity contribution in [1.82, 2.24) is 4.98 Å². The lowest BCUT2D eigenvalue weighted by molar-refractivity contribution is -0.111. The Bertz CT molecular complexity index is 1080. The van der Waals surface area contributed by atoms with Crippen molar-refractivity contribution in [3.8, 4) is 17.2 Å². The number of methoxy groups -OCH3 is 3. The van der Waals surface area contributed by atoms with Crippen LogP contribution in [0.5, 0.6) is 17.2 Å². The van der Waals surface area contributed by atoms with Crippen LogP contribution in [0, 0.1) is 0 Å². The molecule has 0 aliphatic heterocycles. The fraction of sp³-hybridized carbons (Fsp3) is 0.143. The molecule has 2 aromatic carbocycles. The van der Waals surface area contributed by atoms with E-state index in [1.54, 1.807) is 18.2 Å². The molecule has 7 heteroatoms.